The van der Waals surface area contributed by atoms with Crippen molar-refractivity contribution in [2.24, 2.45) is 0 Å². The van der Waals surface area contributed by atoms with Gasteiger partial charge in [-0.1, -0.05) is 47.5 Å². The van der Waals surface area contributed by atoms with Gasteiger partial charge in [-0.05, 0) is 69.7 Å². The van der Waals surface area contributed by atoms with Gasteiger partial charge >= 0.3 is 6.03 Å². The van der Waals surface area contributed by atoms with Crippen molar-refractivity contribution >= 4 is 17.4 Å². The van der Waals surface area contributed by atoms with Crippen LogP contribution in [0.3, 0.4) is 0 Å². The Morgan fingerprint density at radius 2 is 1.50 bits per heavy atom. The lowest BCUT2D eigenvalue weighted by atomic mass is 9.87. The summed E-state index contributed by atoms with van der Waals surface area (Å²) in [5.74, 6) is 0. The number of nitrogens with zero attached hydrogens (tertiary/aromatic N) is 3. The molecule has 3 aromatic rings. The van der Waals surface area contributed by atoms with Crippen LogP contribution >= 0.6 is 0 Å². The van der Waals surface area contributed by atoms with Gasteiger partial charge in [-0.25, -0.2) is 4.79 Å². The third kappa shape index (κ3) is 3.23. The Bertz CT molecular complexity index is 1120. The van der Waals surface area contributed by atoms with E-state index in [4.69, 9.17) is 5.26 Å². The van der Waals surface area contributed by atoms with Crippen molar-refractivity contribution in [3.8, 4) is 6.07 Å². The lowest BCUT2D eigenvalue weighted by molar-refractivity contribution is 0.254. The van der Waals surface area contributed by atoms with E-state index in [1.54, 1.807) is 12.1 Å². The highest BCUT2D eigenvalue weighted by Gasteiger charge is 2.53. The number of carbonyl (C=O) groups excluding carboxylic acids is 1. The van der Waals surface area contributed by atoms with Crippen LogP contribution in [-0.2, 0) is 0 Å². The summed E-state index contributed by atoms with van der Waals surface area (Å²) in [4.78, 5) is 17.6. The van der Waals surface area contributed by atoms with Crippen molar-refractivity contribution in [1.82, 2.24) is 0 Å². The molecule has 0 saturated carbocycles. The van der Waals surface area contributed by atoms with Gasteiger partial charge in [-0.3, -0.25) is 9.80 Å². The van der Waals surface area contributed by atoms with Gasteiger partial charge in [0, 0.05) is 11.4 Å². The molecule has 0 radical (unpaired) electrons. The number of hydrogen-bond donors (Lipinski definition) is 0. The molecular weight excluding hydrogens is 370 g/mol. The zero-order valence-electron chi connectivity index (χ0n) is 17.8. The van der Waals surface area contributed by atoms with Crippen LogP contribution in [0.25, 0.3) is 0 Å². The molecule has 4 nitrogen and oxygen atoms in total. The van der Waals surface area contributed by atoms with E-state index >= 15 is 0 Å². The molecular formula is C26H25N3O. The van der Waals surface area contributed by atoms with Gasteiger partial charge in [0.15, 0.2) is 0 Å². The second-order valence-corrected chi connectivity index (χ2v) is 8.45. The molecule has 4 rings (SSSR count). The molecule has 0 bridgehead atoms. The fraction of sp³-hybridized carbons (Fsp3) is 0.231. The van der Waals surface area contributed by atoms with Crippen molar-refractivity contribution in [3.63, 3.8) is 0 Å². The summed E-state index contributed by atoms with van der Waals surface area (Å²) in [5, 5.41) is 9.14. The van der Waals surface area contributed by atoms with Crippen LogP contribution in [0.1, 0.15) is 42.1 Å². The fourth-order valence-corrected chi connectivity index (χ4v) is 4.39. The summed E-state index contributed by atoms with van der Waals surface area (Å²) < 4.78 is 0. The normalized spacial score (nSPS) is 17.8. The zero-order valence-corrected chi connectivity index (χ0v) is 17.8. The maximum absolute atomic E-state index is 13.8. The molecule has 1 unspecified atom stereocenters. The third-order valence-electron chi connectivity index (χ3n) is 5.83. The second-order valence-electron chi connectivity index (χ2n) is 8.45. The first kappa shape index (κ1) is 19.7. The van der Waals surface area contributed by atoms with Crippen LogP contribution < -0.4 is 9.80 Å². The van der Waals surface area contributed by atoms with Crippen LogP contribution in [0.4, 0.5) is 16.2 Å². The molecule has 1 aliphatic heterocycles. The van der Waals surface area contributed by atoms with Gasteiger partial charge in [0.1, 0.15) is 0 Å². The minimum absolute atomic E-state index is 0.0694. The van der Waals surface area contributed by atoms with E-state index in [0.29, 0.717) is 5.56 Å². The number of hydrogen-bond acceptors (Lipinski definition) is 2. The predicted molar refractivity (Wildman–Crippen MR) is 121 cm³/mol. The molecule has 1 heterocycles. The van der Waals surface area contributed by atoms with E-state index in [1.165, 1.54) is 0 Å². The first-order chi connectivity index (χ1) is 14.3. The standard InChI is InChI=1S/C26H25N3O/c1-18-8-12-22(13-9-18)28-24(21-7-5-6-19(2)16-21)26(3,4)29(25(28)30)23-14-10-20(17-27)11-15-23/h5-16,24H,1-4H3. The van der Waals surface area contributed by atoms with Gasteiger partial charge in [-0.2, -0.15) is 5.26 Å². The Labute approximate surface area is 178 Å². The Balaban J connectivity index is 1.89. The lowest BCUT2D eigenvalue weighted by Gasteiger charge is -2.35. The summed E-state index contributed by atoms with van der Waals surface area (Å²) in [5.41, 5.74) is 5.15. The van der Waals surface area contributed by atoms with E-state index < -0.39 is 5.54 Å². The first-order valence-electron chi connectivity index (χ1n) is 10.1. The monoisotopic (exact) mass is 395 g/mol. The quantitative estimate of drug-likeness (QED) is 0.535. The molecule has 0 spiro atoms. The van der Waals surface area contributed by atoms with E-state index in [2.05, 4.69) is 45.0 Å². The van der Waals surface area contributed by atoms with Crippen LogP contribution in [0.5, 0.6) is 0 Å². The summed E-state index contributed by atoms with van der Waals surface area (Å²) in [7, 11) is 0. The van der Waals surface area contributed by atoms with Crippen molar-refractivity contribution in [1.29, 1.82) is 5.26 Å². The first-order valence-corrected chi connectivity index (χ1v) is 10.1. The molecule has 4 heteroatoms. The Morgan fingerprint density at radius 3 is 2.10 bits per heavy atom. The molecule has 30 heavy (non-hydrogen) atoms. The van der Waals surface area contributed by atoms with Crippen molar-refractivity contribution < 1.29 is 4.79 Å². The Morgan fingerprint density at radius 1 is 0.867 bits per heavy atom. The number of urea groups is 1. The van der Waals surface area contributed by atoms with E-state index in [-0.39, 0.29) is 12.1 Å². The minimum atomic E-state index is -0.510. The number of amides is 2. The van der Waals surface area contributed by atoms with Crippen molar-refractivity contribution in [2.75, 3.05) is 9.80 Å². The highest BCUT2D eigenvalue weighted by Crippen LogP contribution is 2.47. The minimum Gasteiger partial charge on any atom is -0.286 e. The van der Waals surface area contributed by atoms with Crippen LogP contribution in [0.2, 0.25) is 0 Å². The summed E-state index contributed by atoms with van der Waals surface area (Å²) >= 11 is 0. The van der Waals surface area contributed by atoms with Crippen molar-refractivity contribution in [2.45, 2.75) is 39.3 Å². The topological polar surface area (TPSA) is 47.3 Å². The summed E-state index contributed by atoms with van der Waals surface area (Å²) in [6.45, 7) is 8.32. The number of anilines is 2. The van der Waals surface area contributed by atoms with Gasteiger partial charge in [0.2, 0.25) is 0 Å². The van der Waals surface area contributed by atoms with Gasteiger partial charge in [-0.15, -0.1) is 0 Å². The van der Waals surface area contributed by atoms with Crippen LogP contribution in [0.15, 0.2) is 72.8 Å². The van der Waals surface area contributed by atoms with E-state index in [0.717, 1.165) is 28.1 Å². The number of benzene rings is 3. The third-order valence-corrected chi connectivity index (χ3v) is 5.83. The summed E-state index contributed by atoms with van der Waals surface area (Å²) in [6.07, 6.45) is 0. The predicted octanol–water partition coefficient (Wildman–Crippen LogP) is 6.14. The van der Waals surface area contributed by atoms with E-state index in [1.807, 2.05) is 59.2 Å². The largest absolute Gasteiger partial charge is 0.330 e. The van der Waals surface area contributed by atoms with Crippen LogP contribution in [-0.4, -0.2) is 11.6 Å². The SMILES string of the molecule is Cc1ccc(N2C(=O)N(c3ccc(C#N)cc3)C(C)(C)C2c2cccc(C)c2)cc1. The molecule has 1 saturated heterocycles. The fourth-order valence-electron chi connectivity index (χ4n) is 4.39. The Kier molecular flexibility index (Phi) is 4.83. The summed E-state index contributed by atoms with van der Waals surface area (Å²) in [6, 6.07) is 25.6. The molecule has 1 aliphatic rings. The molecule has 2 amide bonds. The second kappa shape index (κ2) is 7.35. The average molecular weight is 396 g/mol. The number of carbonyl (C=O) groups is 1. The molecule has 1 fully saturated rings. The highest BCUT2D eigenvalue weighted by atomic mass is 16.2. The van der Waals surface area contributed by atoms with Crippen LogP contribution in [0, 0.1) is 25.2 Å². The highest BCUT2D eigenvalue weighted by molar-refractivity contribution is 6.08. The lowest BCUT2D eigenvalue weighted by Crippen LogP contribution is -2.43. The molecule has 0 N–H and O–H groups in total. The smallest absolute Gasteiger partial charge is 0.286 e. The molecule has 0 aliphatic carbocycles. The zero-order chi connectivity index (χ0) is 21.5. The molecule has 1 atom stereocenters. The number of aryl methyl sites for hydroxylation is 2. The molecule has 3 aromatic carbocycles. The van der Waals surface area contributed by atoms with Gasteiger partial charge in [0.05, 0.1) is 23.2 Å². The average Bonchev–Trinajstić information content (AvgIpc) is 2.94. The maximum atomic E-state index is 13.8. The van der Waals surface area contributed by atoms with Gasteiger partial charge < -0.3 is 0 Å². The van der Waals surface area contributed by atoms with Crippen molar-refractivity contribution in [3.05, 3.63) is 95.1 Å². The van der Waals surface area contributed by atoms with E-state index in [9.17, 15) is 4.79 Å². The Hall–Kier alpha value is -3.58. The molecule has 150 valence electrons. The van der Waals surface area contributed by atoms with Gasteiger partial charge in [0.25, 0.3) is 0 Å². The number of rotatable bonds is 3. The number of nitriles is 1. The molecule has 0 aromatic heterocycles. The maximum Gasteiger partial charge on any atom is 0.330 e.